The Morgan fingerprint density at radius 2 is 1.86 bits per heavy atom. The summed E-state index contributed by atoms with van der Waals surface area (Å²) in [6.07, 6.45) is 1.65. The van der Waals surface area contributed by atoms with E-state index in [1.807, 2.05) is 54.3 Å². The summed E-state index contributed by atoms with van der Waals surface area (Å²) in [5.41, 5.74) is 9.58. The van der Waals surface area contributed by atoms with Crippen molar-refractivity contribution in [3.05, 3.63) is 82.6 Å². The largest absolute Gasteiger partial charge is 0.338 e. The van der Waals surface area contributed by atoms with E-state index in [4.69, 9.17) is 17.3 Å². The molecule has 4 rings (SSSR count). The van der Waals surface area contributed by atoms with Crippen molar-refractivity contribution in [3.63, 3.8) is 0 Å². The van der Waals surface area contributed by atoms with Crippen LogP contribution >= 0.6 is 11.6 Å². The van der Waals surface area contributed by atoms with Gasteiger partial charge in [0.15, 0.2) is 0 Å². The van der Waals surface area contributed by atoms with Gasteiger partial charge in [-0.1, -0.05) is 41.9 Å². The molecular weight excluding hydrogens is 372 g/mol. The maximum atomic E-state index is 13.2. The Hall–Kier alpha value is -2.63. The number of aromatic nitrogens is 2. The van der Waals surface area contributed by atoms with E-state index in [9.17, 15) is 4.79 Å². The van der Waals surface area contributed by atoms with Crippen LogP contribution in [0.15, 0.2) is 60.8 Å². The molecule has 1 aromatic heterocycles. The third-order valence-electron chi connectivity index (χ3n) is 5.57. The van der Waals surface area contributed by atoms with E-state index >= 15 is 0 Å². The van der Waals surface area contributed by atoms with E-state index in [1.165, 1.54) is 5.56 Å². The highest BCUT2D eigenvalue weighted by molar-refractivity contribution is 6.30. The van der Waals surface area contributed by atoms with Crippen molar-refractivity contribution in [1.82, 2.24) is 14.7 Å². The number of nitrogens with two attached hydrogens (primary N) is 1. The van der Waals surface area contributed by atoms with E-state index in [2.05, 4.69) is 17.2 Å². The van der Waals surface area contributed by atoms with Crippen LogP contribution in [0.3, 0.4) is 0 Å². The minimum atomic E-state index is 0.00888. The molecule has 1 saturated heterocycles. The lowest BCUT2D eigenvalue weighted by molar-refractivity contribution is 0.0785. The highest BCUT2D eigenvalue weighted by atomic mass is 35.5. The highest BCUT2D eigenvalue weighted by Gasteiger charge is 2.36. The maximum absolute atomic E-state index is 13.2. The predicted molar refractivity (Wildman–Crippen MR) is 111 cm³/mol. The van der Waals surface area contributed by atoms with E-state index in [0.717, 1.165) is 11.4 Å². The maximum Gasteiger partial charge on any atom is 0.257 e. The number of hydrogen-bond donors (Lipinski definition) is 1. The van der Waals surface area contributed by atoms with Crippen molar-refractivity contribution in [2.45, 2.75) is 12.8 Å². The Balaban J connectivity index is 1.58. The molecule has 0 saturated carbocycles. The van der Waals surface area contributed by atoms with Crippen molar-refractivity contribution in [2.75, 3.05) is 19.6 Å². The molecule has 2 atom stereocenters. The van der Waals surface area contributed by atoms with Crippen molar-refractivity contribution in [2.24, 2.45) is 11.7 Å². The van der Waals surface area contributed by atoms with Gasteiger partial charge in [-0.3, -0.25) is 4.79 Å². The third kappa shape index (κ3) is 3.43. The molecule has 0 unspecified atom stereocenters. The molecule has 0 bridgehead atoms. The van der Waals surface area contributed by atoms with Gasteiger partial charge in [0, 0.05) is 24.0 Å². The normalized spacial score (nSPS) is 19.2. The van der Waals surface area contributed by atoms with Gasteiger partial charge in [-0.2, -0.15) is 5.10 Å². The molecule has 2 N–H and O–H groups in total. The summed E-state index contributed by atoms with van der Waals surface area (Å²) in [7, 11) is 0. The van der Waals surface area contributed by atoms with E-state index in [-0.39, 0.29) is 17.7 Å². The Morgan fingerprint density at radius 1 is 1.14 bits per heavy atom. The molecule has 0 aliphatic carbocycles. The van der Waals surface area contributed by atoms with Gasteiger partial charge >= 0.3 is 0 Å². The molecule has 28 heavy (non-hydrogen) atoms. The third-order valence-corrected chi connectivity index (χ3v) is 5.82. The Labute approximate surface area is 169 Å². The summed E-state index contributed by atoms with van der Waals surface area (Å²) >= 11 is 5.97. The van der Waals surface area contributed by atoms with Gasteiger partial charge in [-0.25, -0.2) is 4.68 Å². The first kappa shape index (κ1) is 18.7. The standard InChI is InChI=1S/C22H23ClN4O/c1-15-20(12-25-27(15)19-9-7-18(23)8-10-19)22(28)26-13-17(11-24)21(14-26)16-5-3-2-4-6-16/h2-10,12,17,21H,11,13-14,24H2,1H3/t17-,21+/m1/s1. The molecule has 1 aliphatic rings. The second-order valence-corrected chi connectivity index (χ2v) is 7.69. The van der Waals surface area contributed by atoms with Gasteiger partial charge in [0.2, 0.25) is 0 Å². The fraction of sp³-hybridized carbons (Fsp3) is 0.273. The van der Waals surface area contributed by atoms with Gasteiger partial charge in [-0.15, -0.1) is 0 Å². The van der Waals surface area contributed by atoms with Crippen LogP contribution in [0.4, 0.5) is 0 Å². The smallest absolute Gasteiger partial charge is 0.257 e. The van der Waals surface area contributed by atoms with E-state index < -0.39 is 0 Å². The SMILES string of the molecule is Cc1c(C(=O)N2C[C@@H](CN)[C@H](c3ccccc3)C2)cnn1-c1ccc(Cl)cc1. The van der Waals surface area contributed by atoms with Gasteiger partial charge in [0.1, 0.15) is 0 Å². The minimum absolute atomic E-state index is 0.00888. The highest BCUT2D eigenvalue weighted by Crippen LogP contribution is 2.33. The van der Waals surface area contributed by atoms with E-state index in [0.29, 0.717) is 30.2 Å². The quantitative estimate of drug-likeness (QED) is 0.734. The first-order valence-electron chi connectivity index (χ1n) is 9.43. The van der Waals surface area contributed by atoms with Crippen LogP contribution < -0.4 is 5.73 Å². The predicted octanol–water partition coefficient (Wildman–Crippen LogP) is 3.65. The lowest BCUT2D eigenvalue weighted by atomic mass is 9.89. The zero-order chi connectivity index (χ0) is 19.7. The zero-order valence-electron chi connectivity index (χ0n) is 15.8. The summed E-state index contributed by atoms with van der Waals surface area (Å²) in [5, 5.41) is 5.09. The summed E-state index contributed by atoms with van der Waals surface area (Å²) in [5.74, 6) is 0.536. The molecule has 2 heterocycles. The lowest BCUT2D eigenvalue weighted by Gasteiger charge is -2.17. The van der Waals surface area contributed by atoms with Crippen LogP contribution in [0, 0.1) is 12.8 Å². The molecule has 0 radical (unpaired) electrons. The molecule has 144 valence electrons. The fourth-order valence-electron chi connectivity index (χ4n) is 3.99. The van der Waals surface area contributed by atoms with Crippen LogP contribution in [0.5, 0.6) is 0 Å². The average molecular weight is 395 g/mol. The van der Waals surface area contributed by atoms with Gasteiger partial charge in [-0.05, 0) is 49.2 Å². The molecule has 3 aromatic rings. The van der Waals surface area contributed by atoms with Gasteiger partial charge in [0.05, 0.1) is 23.1 Å². The minimum Gasteiger partial charge on any atom is -0.338 e. The number of rotatable bonds is 4. The number of carbonyl (C=O) groups is 1. The van der Waals surface area contributed by atoms with Crippen LogP contribution in [0.1, 0.15) is 27.5 Å². The molecule has 1 aliphatic heterocycles. The summed E-state index contributed by atoms with van der Waals surface area (Å²) in [4.78, 5) is 15.1. The van der Waals surface area contributed by atoms with Crippen molar-refractivity contribution >= 4 is 17.5 Å². The van der Waals surface area contributed by atoms with Crippen LogP contribution in [0.25, 0.3) is 5.69 Å². The lowest BCUT2D eigenvalue weighted by Crippen LogP contribution is -2.30. The number of likely N-dealkylation sites (tertiary alicyclic amines) is 1. The topological polar surface area (TPSA) is 64.2 Å². The van der Waals surface area contributed by atoms with Crippen molar-refractivity contribution < 1.29 is 4.79 Å². The Morgan fingerprint density at radius 3 is 2.54 bits per heavy atom. The number of carbonyl (C=O) groups excluding carboxylic acids is 1. The molecular formula is C22H23ClN4O. The molecule has 1 fully saturated rings. The molecule has 2 aromatic carbocycles. The second kappa shape index (κ2) is 7.78. The number of nitrogens with zero attached hydrogens (tertiary/aromatic N) is 3. The summed E-state index contributed by atoms with van der Waals surface area (Å²) < 4.78 is 1.77. The number of benzene rings is 2. The first-order valence-corrected chi connectivity index (χ1v) is 9.81. The fourth-order valence-corrected chi connectivity index (χ4v) is 4.11. The average Bonchev–Trinajstić information content (AvgIpc) is 3.33. The number of amides is 1. The first-order chi connectivity index (χ1) is 13.6. The molecule has 1 amide bonds. The Kier molecular flexibility index (Phi) is 5.20. The summed E-state index contributed by atoms with van der Waals surface area (Å²) in [6.45, 7) is 3.82. The van der Waals surface area contributed by atoms with Crippen LogP contribution in [0.2, 0.25) is 5.02 Å². The van der Waals surface area contributed by atoms with Crippen molar-refractivity contribution in [1.29, 1.82) is 0 Å². The summed E-state index contributed by atoms with van der Waals surface area (Å²) in [6, 6.07) is 17.7. The van der Waals surface area contributed by atoms with Crippen molar-refractivity contribution in [3.8, 4) is 5.69 Å². The zero-order valence-corrected chi connectivity index (χ0v) is 16.5. The van der Waals surface area contributed by atoms with Gasteiger partial charge < -0.3 is 10.6 Å². The van der Waals surface area contributed by atoms with Gasteiger partial charge in [0.25, 0.3) is 5.91 Å². The van der Waals surface area contributed by atoms with Crippen LogP contribution in [-0.4, -0.2) is 40.2 Å². The van der Waals surface area contributed by atoms with E-state index in [1.54, 1.807) is 10.9 Å². The number of halogens is 1. The molecule has 6 heteroatoms. The number of hydrogen-bond acceptors (Lipinski definition) is 3. The molecule has 0 spiro atoms. The second-order valence-electron chi connectivity index (χ2n) is 7.25. The Bertz CT molecular complexity index is 968. The van der Waals surface area contributed by atoms with Crippen LogP contribution in [-0.2, 0) is 0 Å². The monoisotopic (exact) mass is 394 g/mol. The molecule has 5 nitrogen and oxygen atoms in total.